The van der Waals surface area contributed by atoms with Gasteiger partial charge in [-0.3, -0.25) is 0 Å². The molecule has 104 valence electrons. The second kappa shape index (κ2) is 5.35. The number of aryl methyl sites for hydroxylation is 2. The second-order valence-corrected chi connectivity index (χ2v) is 8.65. The van der Waals surface area contributed by atoms with Crippen LogP contribution in [0.1, 0.15) is 17.2 Å². The Morgan fingerprint density at radius 1 is 1.42 bits per heavy atom. The highest BCUT2D eigenvalue weighted by Gasteiger charge is 2.26. The second-order valence-electron chi connectivity index (χ2n) is 4.11. The molecule has 0 aliphatic heterocycles. The van der Waals surface area contributed by atoms with Crippen LogP contribution in [-0.2, 0) is 16.6 Å². The van der Waals surface area contributed by atoms with Crippen molar-refractivity contribution in [2.45, 2.75) is 24.7 Å². The largest absolute Gasteiger partial charge is 0.465 e. The summed E-state index contributed by atoms with van der Waals surface area (Å²) in [7, 11) is -2.07. The van der Waals surface area contributed by atoms with Gasteiger partial charge in [-0.1, -0.05) is 11.3 Å². The molecule has 0 fully saturated rings. The normalized spacial score (nSPS) is 12.3. The van der Waals surface area contributed by atoms with Crippen LogP contribution in [0.3, 0.4) is 0 Å². The van der Waals surface area contributed by atoms with E-state index in [1.54, 1.807) is 19.1 Å². The molecule has 19 heavy (non-hydrogen) atoms. The Morgan fingerprint density at radius 3 is 2.58 bits per heavy atom. The van der Waals surface area contributed by atoms with E-state index in [9.17, 15) is 8.42 Å². The molecule has 5 nitrogen and oxygen atoms in total. The first-order valence-electron chi connectivity index (χ1n) is 5.45. The van der Waals surface area contributed by atoms with Crippen molar-refractivity contribution in [1.29, 1.82) is 0 Å². The van der Waals surface area contributed by atoms with Crippen LogP contribution in [0, 0.1) is 13.8 Å². The van der Waals surface area contributed by atoms with Gasteiger partial charge in [-0.15, -0.1) is 0 Å². The number of hydrogen-bond donors (Lipinski definition) is 0. The molecule has 0 amide bonds. The zero-order chi connectivity index (χ0) is 14.2. The predicted octanol–water partition coefficient (Wildman–Crippen LogP) is 2.94. The molecule has 0 bridgehead atoms. The Kier molecular flexibility index (Phi) is 4.14. The first kappa shape index (κ1) is 14.7. The van der Waals surface area contributed by atoms with E-state index in [-0.39, 0.29) is 10.9 Å². The molecule has 0 spiro atoms. The lowest BCUT2D eigenvalue weighted by molar-refractivity contribution is 0.397. The molecule has 2 heterocycles. The first-order valence-corrected chi connectivity index (χ1v) is 8.50. The lowest BCUT2D eigenvalue weighted by Crippen LogP contribution is -2.26. The molecule has 0 atom stereocenters. The summed E-state index contributed by atoms with van der Waals surface area (Å²) >= 11 is 4.39. The van der Waals surface area contributed by atoms with Gasteiger partial charge >= 0.3 is 0 Å². The minimum atomic E-state index is -3.58. The predicted molar refractivity (Wildman–Crippen MR) is 76.6 cm³/mol. The van der Waals surface area contributed by atoms with Gasteiger partial charge in [0.05, 0.1) is 16.0 Å². The van der Waals surface area contributed by atoms with Crippen LogP contribution in [0.2, 0.25) is 0 Å². The quantitative estimate of drug-likeness (QED) is 0.836. The van der Waals surface area contributed by atoms with E-state index in [0.29, 0.717) is 11.5 Å². The summed E-state index contributed by atoms with van der Waals surface area (Å²) in [5.41, 5.74) is 0.672. The molecule has 0 aromatic carbocycles. The maximum absolute atomic E-state index is 12.3. The highest BCUT2D eigenvalue weighted by molar-refractivity contribution is 9.11. The molecule has 0 saturated carbocycles. The Balaban J connectivity index is 2.24. The van der Waals surface area contributed by atoms with Gasteiger partial charge in [0.2, 0.25) is 4.34 Å². The minimum absolute atomic E-state index is 0.0858. The van der Waals surface area contributed by atoms with Crippen LogP contribution in [0.15, 0.2) is 24.7 Å². The van der Waals surface area contributed by atoms with E-state index < -0.39 is 10.0 Å². The average Bonchev–Trinajstić information content (AvgIpc) is 2.87. The van der Waals surface area contributed by atoms with E-state index in [4.69, 9.17) is 4.42 Å². The third-order valence-electron chi connectivity index (χ3n) is 2.53. The van der Waals surface area contributed by atoms with Crippen molar-refractivity contribution in [2.24, 2.45) is 0 Å². The fourth-order valence-corrected chi connectivity index (χ4v) is 4.74. The Bertz CT molecular complexity index is 671. The summed E-state index contributed by atoms with van der Waals surface area (Å²) in [6.07, 6.45) is 0. The lowest BCUT2D eigenvalue weighted by Gasteiger charge is -2.13. The summed E-state index contributed by atoms with van der Waals surface area (Å²) in [5.74, 6) is 1.37. The summed E-state index contributed by atoms with van der Waals surface area (Å²) in [6.45, 7) is 3.77. The molecule has 2 aromatic rings. The molecule has 2 aromatic heterocycles. The van der Waals surface area contributed by atoms with Gasteiger partial charge in [0.15, 0.2) is 0 Å². The monoisotopic (exact) mass is 364 g/mol. The molecule has 0 aliphatic carbocycles. The summed E-state index contributed by atoms with van der Waals surface area (Å²) < 4.78 is 32.1. The summed E-state index contributed by atoms with van der Waals surface area (Å²) in [4.78, 5) is 4.06. The number of thiazole rings is 1. The Labute approximate surface area is 124 Å². The standard InChI is InChI=1S/C11H13BrN2O3S2/c1-7-4-5-9(17-7)6-14(3)19(15,16)11-13-8(2)10(12)18-11/h4-5H,6H2,1-3H3. The number of halogens is 1. The number of aromatic nitrogens is 1. The Hall–Kier alpha value is -0.700. The lowest BCUT2D eigenvalue weighted by atomic mass is 10.4. The first-order chi connectivity index (χ1) is 8.80. The molecule has 0 radical (unpaired) electrons. The maximum atomic E-state index is 12.3. The van der Waals surface area contributed by atoms with Crippen LogP contribution in [0.25, 0.3) is 0 Å². The number of sulfonamides is 1. The van der Waals surface area contributed by atoms with Gasteiger partial charge in [-0.05, 0) is 41.9 Å². The molecule has 8 heteroatoms. The van der Waals surface area contributed by atoms with Crippen molar-refractivity contribution in [3.05, 3.63) is 33.1 Å². The average molecular weight is 365 g/mol. The fourth-order valence-electron chi connectivity index (χ4n) is 1.47. The van der Waals surface area contributed by atoms with Gasteiger partial charge in [0.25, 0.3) is 10.0 Å². The smallest absolute Gasteiger partial charge is 0.270 e. The summed E-state index contributed by atoms with van der Waals surface area (Å²) in [6, 6.07) is 3.57. The Morgan fingerprint density at radius 2 is 2.11 bits per heavy atom. The topological polar surface area (TPSA) is 63.4 Å². The zero-order valence-electron chi connectivity index (χ0n) is 10.7. The van der Waals surface area contributed by atoms with E-state index in [1.807, 2.05) is 6.92 Å². The van der Waals surface area contributed by atoms with Gasteiger partial charge in [0.1, 0.15) is 11.5 Å². The minimum Gasteiger partial charge on any atom is -0.465 e. The van der Waals surface area contributed by atoms with Crippen molar-refractivity contribution in [3.63, 3.8) is 0 Å². The van der Waals surface area contributed by atoms with Gasteiger partial charge in [0, 0.05) is 7.05 Å². The number of furan rings is 1. The van der Waals surface area contributed by atoms with Crippen molar-refractivity contribution in [2.75, 3.05) is 7.05 Å². The van der Waals surface area contributed by atoms with Crippen LogP contribution in [0.5, 0.6) is 0 Å². The molecular weight excluding hydrogens is 352 g/mol. The summed E-state index contributed by atoms with van der Waals surface area (Å²) in [5, 5.41) is 0. The van der Waals surface area contributed by atoms with E-state index in [2.05, 4.69) is 20.9 Å². The highest BCUT2D eigenvalue weighted by Crippen LogP contribution is 2.29. The molecule has 0 saturated heterocycles. The SMILES string of the molecule is Cc1ccc(CN(C)S(=O)(=O)c2nc(C)c(Br)s2)o1. The van der Waals surface area contributed by atoms with Crippen molar-refractivity contribution >= 4 is 37.3 Å². The number of hydrogen-bond acceptors (Lipinski definition) is 5. The van der Waals surface area contributed by atoms with Gasteiger partial charge in [-0.25, -0.2) is 13.4 Å². The van der Waals surface area contributed by atoms with Crippen LogP contribution in [-0.4, -0.2) is 24.8 Å². The zero-order valence-corrected chi connectivity index (χ0v) is 13.9. The van der Waals surface area contributed by atoms with Crippen molar-refractivity contribution < 1.29 is 12.8 Å². The molecular formula is C11H13BrN2O3S2. The van der Waals surface area contributed by atoms with Crippen LogP contribution >= 0.6 is 27.3 Å². The fraction of sp³-hybridized carbons (Fsp3) is 0.364. The number of rotatable bonds is 4. The number of nitrogens with zero attached hydrogens (tertiary/aromatic N) is 2. The van der Waals surface area contributed by atoms with E-state index >= 15 is 0 Å². The van der Waals surface area contributed by atoms with Gasteiger partial charge < -0.3 is 4.42 Å². The maximum Gasteiger partial charge on any atom is 0.270 e. The van der Waals surface area contributed by atoms with Crippen LogP contribution < -0.4 is 0 Å². The molecule has 0 unspecified atom stereocenters. The van der Waals surface area contributed by atoms with Crippen molar-refractivity contribution in [3.8, 4) is 0 Å². The van der Waals surface area contributed by atoms with Gasteiger partial charge in [-0.2, -0.15) is 4.31 Å². The molecule has 0 aliphatic rings. The van der Waals surface area contributed by atoms with Crippen LogP contribution in [0.4, 0.5) is 0 Å². The third kappa shape index (κ3) is 3.07. The van der Waals surface area contributed by atoms with Crippen molar-refractivity contribution in [1.82, 2.24) is 9.29 Å². The molecule has 0 N–H and O–H groups in total. The van der Waals surface area contributed by atoms with E-state index in [1.165, 1.54) is 11.4 Å². The van der Waals surface area contributed by atoms with E-state index in [0.717, 1.165) is 20.9 Å². The highest BCUT2D eigenvalue weighted by atomic mass is 79.9. The third-order valence-corrected chi connectivity index (χ3v) is 6.69. The molecule has 2 rings (SSSR count).